The van der Waals surface area contributed by atoms with E-state index in [2.05, 4.69) is 15.0 Å². The summed E-state index contributed by atoms with van der Waals surface area (Å²) in [5.74, 6) is -1.05. The van der Waals surface area contributed by atoms with Crippen molar-refractivity contribution in [3.8, 4) is 5.75 Å². The summed E-state index contributed by atoms with van der Waals surface area (Å²) in [4.78, 5) is 45.2. The number of benzene rings is 2. The number of hydrogen-bond acceptors (Lipinski definition) is 8. The van der Waals surface area contributed by atoms with Gasteiger partial charge in [0, 0.05) is 31.1 Å². The van der Waals surface area contributed by atoms with Gasteiger partial charge in [0.1, 0.15) is 23.7 Å². The van der Waals surface area contributed by atoms with Crippen LogP contribution in [0, 0.1) is 20.8 Å². The number of ether oxygens (including phenoxy) is 1. The normalized spacial score (nSPS) is 15.0. The van der Waals surface area contributed by atoms with Crippen LogP contribution in [0.4, 0.5) is 5.82 Å². The van der Waals surface area contributed by atoms with E-state index in [0.717, 1.165) is 35.6 Å². The molecule has 0 radical (unpaired) electrons. The molecule has 1 aliphatic rings. The molecule has 0 spiro atoms. The zero-order valence-corrected chi connectivity index (χ0v) is 26.3. The molecular formula is C31H40N6O6S. The van der Waals surface area contributed by atoms with Gasteiger partial charge in [-0.1, -0.05) is 18.2 Å². The number of nitrogen functional groups attached to an aromatic ring is 1. The maximum atomic E-state index is 13.6. The Labute approximate surface area is 257 Å². The van der Waals surface area contributed by atoms with Crippen molar-refractivity contribution < 1.29 is 27.5 Å². The van der Waals surface area contributed by atoms with Crippen LogP contribution in [0.25, 0.3) is 10.8 Å². The first-order valence-corrected chi connectivity index (χ1v) is 16.0. The van der Waals surface area contributed by atoms with Crippen LogP contribution >= 0.6 is 0 Å². The van der Waals surface area contributed by atoms with Crippen LogP contribution in [0.5, 0.6) is 5.75 Å². The van der Waals surface area contributed by atoms with Crippen molar-refractivity contribution in [1.29, 1.82) is 0 Å². The first-order valence-electron chi connectivity index (χ1n) is 14.5. The molecule has 1 unspecified atom stereocenters. The fraction of sp³-hybridized carbons (Fsp3) is 0.419. The van der Waals surface area contributed by atoms with Crippen molar-refractivity contribution in [2.24, 2.45) is 5.73 Å². The van der Waals surface area contributed by atoms with Gasteiger partial charge in [-0.2, -0.15) is 4.72 Å². The van der Waals surface area contributed by atoms with Gasteiger partial charge < -0.3 is 26.4 Å². The molecule has 2 atom stereocenters. The zero-order valence-electron chi connectivity index (χ0n) is 25.5. The molecule has 0 saturated carbocycles. The average Bonchev–Trinajstić information content (AvgIpc) is 2.98. The predicted octanol–water partition coefficient (Wildman–Crippen LogP) is 2.01. The summed E-state index contributed by atoms with van der Waals surface area (Å²) in [7, 11) is -2.78. The number of nitrogens with two attached hydrogens (primary N) is 2. The molecule has 3 aromatic rings. The van der Waals surface area contributed by atoms with Gasteiger partial charge >= 0.3 is 0 Å². The van der Waals surface area contributed by atoms with E-state index in [9.17, 15) is 22.8 Å². The van der Waals surface area contributed by atoms with Crippen molar-refractivity contribution in [3.63, 3.8) is 0 Å². The highest BCUT2D eigenvalue weighted by atomic mass is 32.2. The minimum Gasteiger partial charge on any atom is -0.496 e. The number of carbonyl (C=O) groups is 3. The number of aromatic nitrogens is 1. The topological polar surface area (TPSA) is 187 Å². The van der Waals surface area contributed by atoms with Crippen LogP contribution in [0.1, 0.15) is 47.9 Å². The second-order valence-electron chi connectivity index (χ2n) is 11.2. The standard InChI is InChI=1S/C31H40N6O6S/c1-18-14-26(43-4)19(2)20(3)28(18)44(41,42)36-24(30(33)39)17-27(38)35-25(31(40)37-12-6-5-7-13-37)16-21-8-9-23-22(15-21)10-11-34-29(23)32/h8-11,14-15,24-25,36H,5-7,12-13,16-17H2,1-4H3,(H2,32,34)(H2,33,39)(H,35,38)/t24-,25?/m0/s1. The highest BCUT2D eigenvalue weighted by molar-refractivity contribution is 7.89. The summed E-state index contributed by atoms with van der Waals surface area (Å²) in [6, 6.07) is 6.44. The largest absolute Gasteiger partial charge is 0.496 e. The number of amides is 3. The number of primary amides is 1. The van der Waals surface area contributed by atoms with Gasteiger partial charge in [0.25, 0.3) is 0 Å². The lowest BCUT2D eigenvalue weighted by Gasteiger charge is -2.31. The third-order valence-corrected chi connectivity index (χ3v) is 9.86. The van der Waals surface area contributed by atoms with Gasteiger partial charge in [-0.05, 0) is 79.8 Å². The Hall–Kier alpha value is -4.23. The van der Waals surface area contributed by atoms with E-state index in [1.807, 2.05) is 24.3 Å². The predicted molar refractivity (Wildman–Crippen MR) is 167 cm³/mol. The number of nitrogens with zero attached hydrogens (tertiary/aromatic N) is 2. The van der Waals surface area contributed by atoms with Crippen molar-refractivity contribution >= 4 is 44.3 Å². The van der Waals surface area contributed by atoms with Crippen LogP contribution in [0.15, 0.2) is 41.4 Å². The smallest absolute Gasteiger partial charge is 0.245 e. The maximum absolute atomic E-state index is 13.6. The van der Waals surface area contributed by atoms with Gasteiger partial charge in [0.2, 0.25) is 27.7 Å². The summed E-state index contributed by atoms with van der Waals surface area (Å²) in [6.07, 6.45) is 3.93. The Bertz CT molecular complexity index is 1690. The zero-order chi connectivity index (χ0) is 32.2. The van der Waals surface area contributed by atoms with Crippen LogP contribution < -0.4 is 26.2 Å². The molecule has 6 N–H and O–H groups in total. The monoisotopic (exact) mass is 624 g/mol. The van der Waals surface area contributed by atoms with E-state index in [1.165, 1.54) is 7.11 Å². The Morgan fingerprint density at radius 1 is 1.02 bits per heavy atom. The number of aryl methyl sites for hydroxylation is 1. The number of fused-ring (bicyclic) bond motifs is 1. The number of anilines is 1. The van der Waals surface area contributed by atoms with E-state index in [0.29, 0.717) is 41.3 Å². The Balaban J connectivity index is 1.56. The molecule has 3 amide bonds. The third kappa shape index (κ3) is 7.28. The van der Waals surface area contributed by atoms with E-state index < -0.39 is 40.3 Å². The molecule has 1 fully saturated rings. The molecule has 12 nitrogen and oxygen atoms in total. The molecule has 0 aliphatic carbocycles. The summed E-state index contributed by atoms with van der Waals surface area (Å²) in [5.41, 5.74) is 13.8. The number of nitrogens with one attached hydrogen (secondary N) is 2. The number of likely N-dealkylation sites (tertiary alicyclic amines) is 1. The molecule has 1 aromatic heterocycles. The van der Waals surface area contributed by atoms with E-state index in [-0.39, 0.29) is 17.2 Å². The van der Waals surface area contributed by atoms with Crippen molar-refractivity contribution in [3.05, 3.63) is 58.8 Å². The Morgan fingerprint density at radius 3 is 2.39 bits per heavy atom. The van der Waals surface area contributed by atoms with Gasteiger partial charge in [0.05, 0.1) is 18.4 Å². The van der Waals surface area contributed by atoms with Crippen LogP contribution in [-0.2, 0) is 30.8 Å². The average molecular weight is 625 g/mol. The molecule has 0 bridgehead atoms. The number of rotatable bonds is 11. The van der Waals surface area contributed by atoms with Gasteiger partial charge in [-0.15, -0.1) is 0 Å². The lowest BCUT2D eigenvalue weighted by atomic mass is 10.00. The lowest BCUT2D eigenvalue weighted by molar-refractivity contribution is -0.137. The fourth-order valence-corrected chi connectivity index (χ4v) is 7.41. The molecule has 2 heterocycles. The first-order chi connectivity index (χ1) is 20.8. The summed E-state index contributed by atoms with van der Waals surface area (Å²) < 4.78 is 34.6. The lowest BCUT2D eigenvalue weighted by Crippen LogP contribution is -2.53. The highest BCUT2D eigenvalue weighted by Crippen LogP contribution is 2.30. The number of hydrogen-bond donors (Lipinski definition) is 4. The molecule has 236 valence electrons. The molecule has 1 aliphatic heterocycles. The number of piperidine rings is 1. The van der Waals surface area contributed by atoms with Crippen molar-refractivity contribution in [2.75, 3.05) is 25.9 Å². The summed E-state index contributed by atoms with van der Waals surface area (Å²) >= 11 is 0. The SMILES string of the molecule is COc1cc(C)c(S(=O)(=O)N[C@@H](CC(=O)NC(Cc2ccc3c(N)nccc3c2)C(=O)N2CCCCC2)C(N)=O)c(C)c1C. The Morgan fingerprint density at radius 2 is 1.73 bits per heavy atom. The molecule has 1 saturated heterocycles. The minimum atomic E-state index is -4.27. The number of methoxy groups -OCH3 is 1. The first kappa shape index (κ1) is 32.7. The van der Waals surface area contributed by atoms with Gasteiger partial charge in [0.15, 0.2) is 0 Å². The number of carbonyl (C=O) groups excluding carboxylic acids is 3. The molecular weight excluding hydrogens is 584 g/mol. The van der Waals surface area contributed by atoms with E-state index >= 15 is 0 Å². The molecule has 13 heteroatoms. The fourth-order valence-electron chi connectivity index (χ4n) is 5.68. The van der Waals surface area contributed by atoms with Gasteiger partial charge in [-0.3, -0.25) is 14.4 Å². The van der Waals surface area contributed by atoms with E-state index in [1.54, 1.807) is 37.9 Å². The number of pyridine rings is 1. The number of sulfonamides is 1. The maximum Gasteiger partial charge on any atom is 0.245 e. The van der Waals surface area contributed by atoms with Crippen molar-refractivity contribution in [1.82, 2.24) is 19.9 Å². The molecule has 2 aromatic carbocycles. The molecule has 44 heavy (non-hydrogen) atoms. The van der Waals surface area contributed by atoms with Crippen LogP contribution in [-0.4, -0.2) is 68.3 Å². The minimum absolute atomic E-state index is 0.0206. The second kappa shape index (κ2) is 13.6. The molecule has 4 rings (SSSR count). The van der Waals surface area contributed by atoms with Crippen LogP contribution in [0.2, 0.25) is 0 Å². The Kier molecular flexibility index (Phi) is 10.1. The van der Waals surface area contributed by atoms with Crippen molar-refractivity contribution in [2.45, 2.75) is 69.9 Å². The quantitative estimate of drug-likeness (QED) is 0.249. The highest BCUT2D eigenvalue weighted by Gasteiger charge is 2.32. The van der Waals surface area contributed by atoms with Crippen LogP contribution in [0.3, 0.4) is 0 Å². The third-order valence-electron chi connectivity index (χ3n) is 8.10. The second-order valence-corrected chi connectivity index (χ2v) is 12.9. The summed E-state index contributed by atoms with van der Waals surface area (Å²) in [5, 5.41) is 4.37. The van der Waals surface area contributed by atoms with E-state index in [4.69, 9.17) is 16.2 Å². The van der Waals surface area contributed by atoms with Gasteiger partial charge in [-0.25, -0.2) is 13.4 Å². The summed E-state index contributed by atoms with van der Waals surface area (Å²) in [6.45, 7) is 6.14.